The van der Waals surface area contributed by atoms with Gasteiger partial charge in [-0.15, -0.1) is 0 Å². The second kappa shape index (κ2) is 11.0. The molecule has 8 nitrogen and oxygen atoms in total. The third-order valence-corrected chi connectivity index (χ3v) is 5.01. The van der Waals surface area contributed by atoms with Crippen molar-refractivity contribution in [2.24, 2.45) is 0 Å². The Morgan fingerprint density at radius 3 is 2.39 bits per heavy atom. The Morgan fingerprint density at radius 2 is 1.73 bits per heavy atom. The van der Waals surface area contributed by atoms with Crippen LogP contribution in [0, 0.1) is 0 Å². The summed E-state index contributed by atoms with van der Waals surface area (Å²) in [6.45, 7) is 7.04. The minimum Gasteiger partial charge on any atom is -0.376 e. The lowest BCUT2D eigenvalue weighted by atomic mass is 10.1. The van der Waals surface area contributed by atoms with Crippen LogP contribution in [0.3, 0.4) is 0 Å². The van der Waals surface area contributed by atoms with Crippen LogP contribution in [-0.4, -0.2) is 49.1 Å². The molecule has 1 aliphatic heterocycles. The first kappa shape index (κ1) is 24.3. The molecule has 1 unspecified atom stereocenters. The average molecular weight is 453 g/mol. The molecule has 1 heterocycles. The van der Waals surface area contributed by atoms with Crippen molar-refractivity contribution in [3.05, 3.63) is 59.7 Å². The van der Waals surface area contributed by atoms with Gasteiger partial charge < -0.3 is 26.0 Å². The molecule has 2 aromatic carbocycles. The van der Waals surface area contributed by atoms with Gasteiger partial charge in [-0.1, -0.05) is 6.07 Å². The van der Waals surface area contributed by atoms with E-state index in [2.05, 4.69) is 21.3 Å². The summed E-state index contributed by atoms with van der Waals surface area (Å²) in [5.74, 6) is -0.594. The van der Waals surface area contributed by atoms with Gasteiger partial charge in [0.15, 0.2) is 0 Å². The van der Waals surface area contributed by atoms with Crippen LogP contribution >= 0.6 is 0 Å². The fraction of sp³-hybridized carbons (Fsp3) is 0.400. The Bertz CT molecular complexity index is 977. The number of nitrogens with one attached hydrogen (secondary N) is 4. The zero-order valence-electron chi connectivity index (χ0n) is 19.4. The van der Waals surface area contributed by atoms with Crippen LogP contribution in [0.15, 0.2) is 48.5 Å². The van der Waals surface area contributed by atoms with Crippen LogP contribution in [0.5, 0.6) is 0 Å². The maximum atomic E-state index is 12.3. The topological polar surface area (TPSA) is 109 Å². The second-order valence-corrected chi connectivity index (χ2v) is 9.11. The van der Waals surface area contributed by atoms with E-state index >= 15 is 0 Å². The van der Waals surface area contributed by atoms with Crippen molar-refractivity contribution in [3.8, 4) is 0 Å². The highest BCUT2D eigenvalue weighted by atomic mass is 16.5. The third kappa shape index (κ3) is 7.91. The molecule has 2 aromatic rings. The van der Waals surface area contributed by atoms with Crippen molar-refractivity contribution in [2.45, 2.75) is 45.3 Å². The van der Waals surface area contributed by atoms with Crippen molar-refractivity contribution in [3.63, 3.8) is 0 Å². The van der Waals surface area contributed by atoms with E-state index < -0.39 is 0 Å². The van der Waals surface area contributed by atoms with Gasteiger partial charge in [0.05, 0.1) is 12.6 Å². The van der Waals surface area contributed by atoms with Gasteiger partial charge in [-0.05, 0) is 76.1 Å². The lowest BCUT2D eigenvalue weighted by molar-refractivity contribution is -0.114. The van der Waals surface area contributed by atoms with Crippen molar-refractivity contribution < 1.29 is 19.1 Å². The molecule has 1 atom stereocenters. The van der Waals surface area contributed by atoms with Gasteiger partial charge >= 0.3 is 0 Å². The number of carbonyl (C=O) groups is 3. The first-order valence-electron chi connectivity index (χ1n) is 11.2. The van der Waals surface area contributed by atoms with Gasteiger partial charge in [-0.2, -0.15) is 0 Å². The summed E-state index contributed by atoms with van der Waals surface area (Å²) >= 11 is 0. The van der Waals surface area contributed by atoms with E-state index in [-0.39, 0.29) is 35.9 Å². The summed E-state index contributed by atoms with van der Waals surface area (Å²) in [5.41, 5.74) is 1.94. The Labute approximate surface area is 194 Å². The number of hydrogen-bond acceptors (Lipinski definition) is 5. The van der Waals surface area contributed by atoms with Crippen LogP contribution in [0.2, 0.25) is 0 Å². The number of ether oxygens (including phenoxy) is 1. The van der Waals surface area contributed by atoms with E-state index in [0.717, 1.165) is 25.1 Å². The minimum atomic E-state index is -0.346. The van der Waals surface area contributed by atoms with Crippen molar-refractivity contribution >= 4 is 29.1 Å². The molecule has 8 heteroatoms. The zero-order valence-corrected chi connectivity index (χ0v) is 19.4. The van der Waals surface area contributed by atoms with E-state index in [4.69, 9.17) is 4.74 Å². The molecule has 0 radical (unpaired) electrons. The lowest BCUT2D eigenvalue weighted by Gasteiger charge is -2.20. The maximum Gasteiger partial charge on any atom is 0.251 e. The zero-order chi connectivity index (χ0) is 23.8. The Balaban J connectivity index is 1.46. The standard InChI is InChI=1S/C25H32N4O4/c1-25(2,3)29-24(32)18-6-4-7-20(14-18)28-22(30)16-26-19-11-9-17(10-12-19)23(31)27-15-21-8-5-13-33-21/h4,6-7,9-12,14,21,26H,5,8,13,15-16H2,1-3H3,(H,27,31)(H,28,30)(H,29,32). The molecule has 1 aliphatic rings. The van der Waals surface area contributed by atoms with Gasteiger partial charge in [0, 0.05) is 41.2 Å². The molecule has 0 aromatic heterocycles. The molecule has 176 valence electrons. The van der Waals surface area contributed by atoms with Gasteiger partial charge in [0.1, 0.15) is 0 Å². The monoisotopic (exact) mass is 452 g/mol. The van der Waals surface area contributed by atoms with Gasteiger partial charge in [0.2, 0.25) is 5.91 Å². The fourth-order valence-corrected chi connectivity index (χ4v) is 3.39. The molecule has 0 bridgehead atoms. The molecule has 0 saturated carbocycles. The molecule has 33 heavy (non-hydrogen) atoms. The van der Waals surface area contributed by atoms with Crippen LogP contribution < -0.4 is 21.3 Å². The highest BCUT2D eigenvalue weighted by molar-refractivity contribution is 5.98. The fourth-order valence-electron chi connectivity index (χ4n) is 3.39. The van der Waals surface area contributed by atoms with Crippen molar-refractivity contribution in [2.75, 3.05) is 30.3 Å². The third-order valence-electron chi connectivity index (χ3n) is 5.01. The minimum absolute atomic E-state index is 0.0446. The number of hydrogen-bond donors (Lipinski definition) is 4. The second-order valence-electron chi connectivity index (χ2n) is 9.11. The first-order valence-corrected chi connectivity index (χ1v) is 11.2. The highest BCUT2D eigenvalue weighted by Crippen LogP contribution is 2.14. The summed E-state index contributed by atoms with van der Waals surface area (Å²) in [7, 11) is 0. The van der Waals surface area contributed by atoms with Crippen LogP contribution in [0.1, 0.15) is 54.3 Å². The largest absolute Gasteiger partial charge is 0.376 e. The van der Waals surface area contributed by atoms with Crippen LogP contribution in [0.25, 0.3) is 0 Å². The van der Waals surface area contributed by atoms with Crippen LogP contribution in [-0.2, 0) is 9.53 Å². The summed E-state index contributed by atoms with van der Waals surface area (Å²) in [5, 5.41) is 11.6. The van der Waals surface area contributed by atoms with E-state index in [1.807, 2.05) is 20.8 Å². The molecule has 3 rings (SSSR count). The molecule has 1 fully saturated rings. The number of carbonyl (C=O) groups excluding carboxylic acids is 3. The summed E-state index contributed by atoms with van der Waals surface area (Å²) in [6.07, 6.45) is 2.11. The number of anilines is 2. The SMILES string of the molecule is CC(C)(C)NC(=O)c1cccc(NC(=O)CNc2ccc(C(=O)NCC3CCCO3)cc2)c1. The molecular weight excluding hydrogens is 420 g/mol. The van der Waals surface area contributed by atoms with E-state index in [0.29, 0.717) is 23.4 Å². The lowest BCUT2D eigenvalue weighted by Crippen LogP contribution is -2.40. The average Bonchev–Trinajstić information content (AvgIpc) is 3.29. The Kier molecular flexibility index (Phi) is 8.06. The molecule has 3 amide bonds. The highest BCUT2D eigenvalue weighted by Gasteiger charge is 2.17. The number of amides is 3. The predicted molar refractivity (Wildman–Crippen MR) is 129 cm³/mol. The van der Waals surface area contributed by atoms with Gasteiger partial charge in [-0.25, -0.2) is 0 Å². The van der Waals surface area contributed by atoms with Gasteiger partial charge in [-0.3, -0.25) is 14.4 Å². The van der Waals surface area contributed by atoms with Gasteiger partial charge in [0.25, 0.3) is 11.8 Å². The quantitative estimate of drug-likeness (QED) is 0.492. The molecular formula is C25H32N4O4. The number of benzene rings is 2. The van der Waals surface area contributed by atoms with Crippen molar-refractivity contribution in [1.29, 1.82) is 0 Å². The Morgan fingerprint density at radius 1 is 0.970 bits per heavy atom. The Hall–Kier alpha value is -3.39. The molecule has 0 spiro atoms. The first-order chi connectivity index (χ1) is 15.7. The predicted octanol–water partition coefficient (Wildman–Crippen LogP) is 3.17. The summed E-state index contributed by atoms with van der Waals surface area (Å²) in [4.78, 5) is 36.9. The smallest absolute Gasteiger partial charge is 0.251 e. The van der Waals surface area contributed by atoms with E-state index in [1.165, 1.54) is 0 Å². The van der Waals surface area contributed by atoms with E-state index in [9.17, 15) is 14.4 Å². The van der Waals surface area contributed by atoms with Crippen molar-refractivity contribution in [1.82, 2.24) is 10.6 Å². The summed E-state index contributed by atoms with van der Waals surface area (Å²) < 4.78 is 5.51. The molecule has 4 N–H and O–H groups in total. The number of rotatable bonds is 8. The summed E-state index contributed by atoms with van der Waals surface area (Å²) in [6, 6.07) is 13.7. The van der Waals surface area contributed by atoms with Crippen LogP contribution in [0.4, 0.5) is 11.4 Å². The maximum absolute atomic E-state index is 12.3. The van der Waals surface area contributed by atoms with E-state index in [1.54, 1.807) is 48.5 Å². The molecule has 0 aliphatic carbocycles. The molecule has 1 saturated heterocycles. The normalized spacial score (nSPS) is 15.5.